The summed E-state index contributed by atoms with van der Waals surface area (Å²) in [6, 6.07) is 0. The van der Waals surface area contributed by atoms with Gasteiger partial charge in [-0.05, 0) is 25.7 Å². The first-order valence-electron chi connectivity index (χ1n) is 7.99. The molecule has 0 heterocycles. The molecule has 0 fully saturated rings. The van der Waals surface area contributed by atoms with Crippen LogP contribution in [-0.4, -0.2) is 23.5 Å². The second kappa shape index (κ2) is 18.1. The zero-order chi connectivity index (χ0) is 15.1. The summed E-state index contributed by atoms with van der Waals surface area (Å²) < 4.78 is 0. The number of aliphatic hydroxyl groups is 1. The van der Waals surface area contributed by atoms with Gasteiger partial charge in [-0.3, -0.25) is 4.79 Å². The van der Waals surface area contributed by atoms with Gasteiger partial charge in [-0.15, -0.1) is 0 Å². The van der Waals surface area contributed by atoms with Crippen LogP contribution in [0, 0.1) is 0 Å². The van der Waals surface area contributed by atoms with Gasteiger partial charge in [0.15, 0.2) is 0 Å². The number of Topliss-reactive ketones (excluding diaryl/α,β-unsaturated/α-hetero) is 1. The second-order valence-electron chi connectivity index (χ2n) is 5.42. The molecule has 118 valence electrons. The van der Waals surface area contributed by atoms with Gasteiger partial charge in [0, 0.05) is 25.4 Å². The van der Waals surface area contributed by atoms with Crippen molar-refractivity contribution in [3.63, 3.8) is 0 Å². The van der Waals surface area contributed by atoms with Gasteiger partial charge in [-0.1, -0.05) is 44.9 Å². The maximum absolute atomic E-state index is 11.3. The van der Waals surface area contributed by atoms with E-state index in [1.54, 1.807) is 0 Å². The Hall–Kier alpha value is 0.1000. The number of rotatable bonds is 15. The topological polar surface area (TPSA) is 77.4 Å². The number of aliphatic carboxylic acids is 1. The van der Waals surface area contributed by atoms with E-state index in [9.17, 15) is 14.7 Å². The van der Waals surface area contributed by atoms with Crippen molar-refractivity contribution in [3.05, 3.63) is 0 Å². The standard InChI is InChI=1S/C16H30O4.Na/c17-14-10-12-15(18)11-8-6-4-2-1-3-5-7-9-13-16(19)20;/h17H,1-14H2,(H,19,20);/q;+1/p-1. The number of carbonyl (C=O) groups is 2. The van der Waals surface area contributed by atoms with E-state index in [4.69, 9.17) is 5.11 Å². The summed E-state index contributed by atoms with van der Waals surface area (Å²) in [6.45, 7) is 0.106. The summed E-state index contributed by atoms with van der Waals surface area (Å²) in [5, 5.41) is 18.8. The number of unbranched alkanes of at least 4 members (excludes halogenated alkanes) is 8. The smallest absolute Gasteiger partial charge is 0.550 e. The summed E-state index contributed by atoms with van der Waals surface area (Å²) in [5.74, 6) is -0.675. The molecule has 4 nitrogen and oxygen atoms in total. The molecule has 0 aromatic carbocycles. The van der Waals surface area contributed by atoms with Crippen LogP contribution in [0.1, 0.15) is 83.5 Å². The van der Waals surface area contributed by atoms with Gasteiger partial charge in [-0.25, -0.2) is 0 Å². The van der Waals surface area contributed by atoms with E-state index in [1.165, 1.54) is 25.7 Å². The Labute approximate surface area is 151 Å². The Kier molecular flexibility index (Phi) is 20.2. The van der Waals surface area contributed by atoms with Crippen molar-refractivity contribution in [2.24, 2.45) is 0 Å². The molecular weight excluding hydrogens is 279 g/mol. The quantitative estimate of drug-likeness (QED) is 0.323. The molecule has 0 aromatic heterocycles. The third kappa shape index (κ3) is 20.1. The van der Waals surface area contributed by atoms with E-state index in [-0.39, 0.29) is 48.4 Å². The minimum Gasteiger partial charge on any atom is -0.550 e. The van der Waals surface area contributed by atoms with Crippen LogP contribution in [0.4, 0.5) is 0 Å². The van der Waals surface area contributed by atoms with E-state index in [0.717, 1.165) is 32.1 Å². The maximum atomic E-state index is 11.3. The van der Waals surface area contributed by atoms with Crippen molar-refractivity contribution in [1.29, 1.82) is 0 Å². The predicted molar refractivity (Wildman–Crippen MR) is 77.1 cm³/mol. The first-order valence-corrected chi connectivity index (χ1v) is 7.99. The van der Waals surface area contributed by atoms with Gasteiger partial charge in [0.05, 0.1) is 0 Å². The molecule has 0 aliphatic heterocycles. The van der Waals surface area contributed by atoms with Crippen molar-refractivity contribution in [2.45, 2.75) is 83.5 Å². The monoisotopic (exact) mass is 308 g/mol. The van der Waals surface area contributed by atoms with Gasteiger partial charge in [0.25, 0.3) is 0 Å². The van der Waals surface area contributed by atoms with E-state index >= 15 is 0 Å². The van der Waals surface area contributed by atoms with Crippen LogP contribution in [0.25, 0.3) is 0 Å². The molecule has 0 bridgehead atoms. The largest absolute Gasteiger partial charge is 1.00 e. The van der Waals surface area contributed by atoms with Crippen LogP contribution in [0.3, 0.4) is 0 Å². The van der Waals surface area contributed by atoms with E-state index in [0.29, 0.717) is 19.3 Å². The number of ketones is 1. The number of hydrogen-bond acceptors (Lipinski definition) is 4. The molecule has 0 unspecified atom stereocenters. The van der Waals surface area contributed by atoms with Gasteiger partial charge >= 0.3 is 29.6 Å². The normalized spacial score (nSPS) is 10.1. The van der Waals surface area contributed by atoms with Crippen molar-refractivity contribution >= 4 is 11.8 Å². The number of aliphatic hydroxyl groups excluding tert-OH is 1. The molecule has 5 heteroatoms. The molecule has 0 spiro atoms. The third-order valence-electron chi connectivity index (χ3n) is 3.45. The second-order valence-corrected chi connectivity index (χ2v) is 5.42. The zero-order valence-corrected chi connectivity index (χ0v) is 15.6. The van der Waals surface area contributed by atoms with E-state index < -0.39 is 5.97 Å². The number of carboxylic acid groups (broad SMARTS) is 1. The van der Waals surface area contributed by atoms with Crippen LogP contribution in [0.15, 0.2) is 0 Å². The van der Waals surface area contributed by atoms with Gasteiger partial charge in [0.2, 0.25) is 0 Å². The number of hydrogen-bond donors (Lipinski definition) is 1. The number of carboxylic acids is 1. The summed E-state index contributed by atoms with van der Waals surface area (Å²) in [4.78, 5) is 21.5. The average Bonchev–Trinajstić information content (AvgIpc) is 2.42. The average molecular weight is 308 g/mol. The van der Waals surface area contributed by atoms with Crippen molar-refractivity contribution in [2.75, 3.05) is 6.61 Å². The Bertz CT molecular complexity index is 257. The molecule has 21 heavy (non-hydrogen) atoms. The molecule has 0 rings (SSSR count). The zero-order valence-electron chi connectivity index (χ0n) is 13.6. The van der Waals surface area contributed by atoms with Crippen molar-refractivity contribution in [3.8, 4) is 0 Å². The van der Waals surface area contributed by atoms with Crippen LogP contribution in [0.5, 0.6) is 0 Å². The maximum Gasteiger partial charge on any atom is 1.00 e. The molecule has 0 radical (unpaired) electrons. The molecule has 0 atom stereocenters. The third-order valence-corrected chi connectivity index (χ3v) is 3.45. The molecule has 0 aromatic rings. The fraction of sp³-hybridized carbons (Fsp3) is 0.875. The van der Waals surface area contributed by atoms with Gasteiger partial charge in [0.1, 0.15) is 5.78 Å². The fourth-order valence-electron chi connectivity index (χ4n) is 2.23. The van der Waals surface area contributed by atoms with E-state index in [2.05, 4.69) is 0 Å². The molecule has 0 saturated carbocycles. The van der Waals surface area contributed by atoms with Crippen LogP contribution < -0.4 is 34.7 Å². The van der Waals surface area contributed by atoms with E-state index in [1.807, 2.05) is 0 Å². The van der Waals surface area contributed by atoms with Gasteiger partial charge < -0.3 is 15.0 Å². The Morgan fingerprint density at radius 2 is 1.05 bits per heavy atom. The molecule has 0 saturated heterocycles. The SMILES string of the molecule is O=C([O-])CCCCCCCCCCCC(=O)CCCO.[Na+]. The van der Waals surface area contributed by atoms with Crippen LogP contribution >= 0.6 is 0 Å². The predicted octanol–water partition coefficient (Wildman–Crippen LogP) is -0.627. The Balaban J connectivity index is 0. The summed E-state index contributed by atoms with van der Waals surface area (Å²) in [5.41, 5.74) is 0. The Morgan fingerprint density at radius 3 is 1.48 bits per heavy atom. The fourth-order valence-corrected chi connectivity index (χ4v) is 2.23. The number of carbonyl (C=O) groups excluding carboxylic acids is 2. The Morgan fingerprint density at radius 1 is 0.667 bits per heavy atom. The summed E-state index contributed by atoms with van der Waals surface area (Å²) in [6.07, 6.45) is 11.6. The minimum absolute atomic E-state index is 0. The van der Waals surface area contributed by atoms with Gasteiger partial charge in [-0.2, -0.15) is 0 Å². The van der Waals surface area contributed by atoms with Crippen molar-refractivity contribution in [1.82, 2.24) is 0 Å². The first kappa shape index (κ1) is 23.4. The molecule has 0 amide bonds. The summed E-state index contributed by atoms with van der Waals surface area (Å²) >= 11 is 0. The van der Waals surface area contributed by atoms with Crippen LogP contribution in [0.2, 0.25) is 0 Å². The van der Waals surface area contributed by atoms with Crippen LogP contribution in [-0.2, 0) is 9.59 Å². The first-order chi connectivity index (χ1) is 9.66. The molecule has 0 aliphatic carbocycles. The minimum atomic E-state index is -0.946. The summed E-state index contributed by atoms with van der Waals surface area (Å²) in [7, 11) is 0. The molecule has 0 aliphatic rings. The van der Waals surface area contributed by atoms with Crippen molar-refractivity contribution < 1.29 is 49.4 Å². The molecular formula is C16H29NaO4. The molecule has 1 N–H and O–H groups in total.